The minimum atomic E-state index is -0.299. The van der Waals surface area contributed by atoms with Gasteiger partial charge < -0.3 is 10.1 Å². The summed E-state index contributed by atoms with van der Waals surface area (Å²) in [6.07, 6.45) is 0. The standard InChI is InChI=1S/C13H16N2O3S/c1-9(12(16)15-8-7-14-13(15)17)19-11-5-3-10(18-2)4-6-11/h3-6,9H,7-8H2,1-2H3,(H,14,17)/t9-/m0/s1. The van der Waals surface area contributed by atoms with Crippen molar-refractivity contribution in [2.24, 2.45) is 0 Å². The number of benzene rings is 1. The molecule has 1 fully saturated rings. The van der Waals surface area contributed by atoms with Crippen LogP contribution in [-0.2, 0) is 4.79 Å². The van der Waals surface area contributed by atoms with Crippen LogP contribution in [0.25, 0.3) is 0 Å². The molecule has 1 atom stereocenters. The second kappa shape index (κ2) is 5.97. The van der Waals surface area contributed by atoms with Gasteiger partial charge in [0, 0.05) is 18.0 Å². The van der Waals surface area contributed by atoms with Crippen LogP contribution in [0.5, 0.6) is 5.75 Å². The smallest absolute Gasteiger partial charge is 0.324 e. The molecule has 3 amide bonds. The number of rotatable bonds is 4. The quantitative estimate of drug-likeness (QED) is 0.853. The predicted octanol–water partition coefficient (Wildman–Crippen LogP) is 1.73. The van der Waals surface area contributed by atoms with Crippen LogP contribution in [0.1, 0.15) is 6.92 Å². The predicted molar refractivity (Wildman–Crippen MR) is 73.4 cm³/mol. The third-order valence-electron chi connectivity index (χ3n) is 2.84. The van der Waals surface area contributed by atoms with E-state index in [1.807, 2.05) is 31.2 Å². The molecule has 2 rings (SSSR count). The SMILES string of the molecule is COc1ccc(S[C@@H](C)C(=O)N2CCNC2=O)cc1. The monoisotopic (exact) mass is 280 g/mol. The average Bonchev–Trinajstić information content (AvgIpc) is 2.85. The fourth-order valence-electron chi connectivity index (χ4n) is 1.81. The van der Waals surface area contributed by atoms with Gasteiger partial charge in [0.1, 0.15) is 5.75 Å². The molecule has 1 aromatic rings. The Morgan fingerprint density at radius 2 is 2.11 bits per heavy atom. The summed E-state index contributed by atoms with van der Waals surface area (Å²) < 4.78 is 5.08. The van der Waals surface area contributed by atoms with E-state index in [1.54, 1.807) is 7.11 Å². The molecule has 0 bridgehead atoms. The van der Waals surface area contributed by atoms with E-state index in [0.29, 0.717) is 13.1 Å². The summed E-state index contributed by atoms with van der Waals surface area (Å²) in [5.74, 6) is 0.623. The number of amides is 3. The molecule has 1 heterocycles. The van der Waals surface area contributed by atoms with Crippen molar-refractivity contribution in [1.29, 1.82) is 0 Å². The zero-order valence-corrected chi connectivity index (χ0v) is 11.7. The van der Waals surface area contributed by atoms with E-state index in [2.05, 4.69) is 5.32 Å². The molecule has 0 radical (unpaired) electrons. The van der Waals surface area contributed by atoms with Crippen molar-refractivity contribution in [3.63, 3.8) is 0 Å². The molecule has 1 saturated heterocycles. The number of imide groups is 1. The van der Waals surface area contributed by atoms with Gasteiger partial charge in [0.25, 0.3) is 0 Å². The van der Waals surface area contributed by atoms with Crippen molar-refractivity contribution < 1.29 is 14.3 Å². The maximum atomic E-state index is 12.1. The van der Waals surface area contributed by atoms with Crippen molar-refractivity contribution in [3.8, 4) is 5.75 Å². The van der Waals surface area contributed by atoms with Crippen LogP contribution >= 0.6 is 11.8 Å². The van der Waals surface area contributed by atoms with Crippen molar-refractivity contribution in [3.05, 3.63) is 24.3 Å². The maximum Gasteiger partial charge on any atom is 0.324 e. The summed E-state index contributed by atoms with van der Waals surface area (Å²) in [5.41, 5.74) is 0. The normalized spacial score (nSPS) is 16.1. The van der Waals surface area contributed by atoms with Crippen LogP contribution in [0.2, 0.25) is 0 Å². The topological polar surface area (TPSA) is 58.6 Å². The third kappa shape index (κ3) is 3.20. The van der Waals surface area contributed by atoms with Crippen molar-refractivity contribution in [2.45, 2.75) is 17.1 Å². The Labute approximate surface area is 116 Å². The van der Waals surface area contributed by atoms with E-state index in [0.717, 1.165) is 10.6 Å². The molecule has 1 N–H and O–H groups in total. The number of hydrogen-bond donors (Lipinski definition) is 1. The highest BCUT2D eigenvalue weighted by molar-refractivity contribution is 8.00. The Morgan fingerprint density at radius 3 is 2.63 bits per heavy atom. The highest BCUT2D eigenvalue weighted by Crippen LogP contribution is 2.26. The first kappa shape index (κ1) is 13.7. The average molecular weight is 280 g/mol. The van der Waals surface area contributed by atoms with Gasteiger partial charge in [0.15, 0.2) is 0 Å². The van der Waals surface area contributed by atoms with E-state index in [1.165, 1.54) is 16.7 Å². The van der Waals surface area contributed by atoms with E-state index in [9.17, 15) is 9.59 Å². The van der Waals surface area contributed by atoms with Gasteiger partial charge in [-0.15, -0.1) is 11.8 Å². The van der Waals surface area contributed by atoms with Crippen LogP contribution in [-0.4, -0.2) is 42.3 Å². The van der Waals surface area contributed by atoms with E-state index in [4.69, 9.17) is 4.74 Å². The number of carbonyl (C=O) groups is 2. The lowest BCUT2D eigenvalue weighted by atomic mass is 10.3. The highest BCUT2D eigenvalue weighted by Gasteiger charge is 2.29. The Kier molecular flexibility index (Phi) is 4.31. The van der Waals surface area contributed by atoms with Gasteiger partial charge in [0.05, 0.1) is 12.4 Å². The van der Waals surface area contributed by atoms with Crippen LogP contribution in [0.4, 0.5) is 4.79 Å². The molecule has 0 spiro atoms. The number of urea groups is 1. The molecule has 1 aromatic carbocycles. The minimum absolute atomic E-state index is 0.157. The Morgan fingerprint density at radius 1 is 1.42 bits per heavy atom. The molecule has 0 unspecified atom stereocenters. The summed E-state index contributed by atoms with van der Waals surface area (Å²) in [4.78, 5) is 25.8. The first-order chi connectivity index (χ1) is 9.11. The lowest BCUT2D eigenvalue weighted by Crippen LogP contribution is -2.38. The number of thioether (sulfide) groups is 1. The van der Waals surface area contributed by atoms with Gasteiger partial charge in [-0.2, -0.15) is 0 Å². The molecule has 102 valence electrons. The molecule has 0 aromatic heterocycles. The highest BCUT2D eigenvalue weighted by atomic mass is 32.2. The van der Waals surface area contributed by atoms with Gasteiger partial charge in [-0.25, -0.2) is 4.79 Å². The van der Waals surface area contributed by atoms with Gasteiger partial charge >= 0.3 is 6.03 Å². The fraction of sp³-hybridized carbons (Fsp3) is 0.385. The number of carbonyl (C=O) groups excluding carboxylic acids is 2. The van der Waals surface area contributed by atoms with Gasteiger partial charge in [-0.1, -0.05) is 0 Å². The summed E-state index contributed by atoms with van der Waals surface area (Å²) in [6, 6.07) is 7.20. The molecule has 1 aliphatic rings. The second-order valence-corrected chi connectivity index (χ2v) is 5.57. The number of methoxy groups -OCH3 is 1. The molecular formula is C13H16N2O3S. The minimum Gasteiger partial charge on any atom is -0.497 e. The zero-order chi connectivity index (χ0) is 13.8. The van der Waals surface area contributed by atoms with Crippen molar-refractivity contribution in [2.75, 3.05) is 20.2 Å². The zero-order valence-electron chi connectivity index (χ0n) is 10.9. The Hall–Kier alpha value is -1.69. The number of nitrogens with zero attached hydrogens (tertiary/aromatic N) is 1. The molecule has 19 heavy (non-hydrogen) atoms. The van der Waals surface area contributed by atoms with Gasteiger partial charge in [-0.05, 0) is 31.2 Å². The first-order valence-corrected chi connectivity index (χ1v) is 6.89. The number of ether oxygens (including phenoxy) is 1. The summed E-state index contributed by atoms with van der Waals surface area (Å²) in [7, 11) is 1.61. The van der Waals surface area contributed by atoms with Crippen LogP contribution in [0.15, 0.2) is 29.2 Å². The number of nitrogens with one attached hydrogen (secondary N) is 1. The van der Waals surface area contributed by atoms with E-state index in [-0.39, 0.29) is 17.2 Å². The molecule has 0 aliphatic carbocycles. The van der Waals surface area contributed by atoms with Crippen molar-refractivity contribution in [1.82, 2.24) is 10.2 Å². The van der Waals surface area contributed by atoms with Crippen LogP contribution in [0.3, 0.4) is 0 Å². The lowest BCUT2D eigenvalue weighted by molar-refractivity contribution is -0.126. The van der Waals surface area contributed by atoms with Crippen LogP contribution in [0, 0.1) is 0 Å². The lowest BCUT2D eigenvalue weighted by Gasteiger charge is -2.17. The summed E-state index contributed by atoms with van der Waals surface area (Å²) in [5, 5.41) is 2.33. The van der Waals surface area contributed by atoms with Gasteiger partial charge in [0.2, 0.25) is 5.91 Å². The molecular weight excluding hydrogens is 264 g/mol. The first-order valence-electron chi connectivity index (χ1n) is 6.01. The van der Waals surface area contributed by atoms with Gasteiger partial charge in [-0.3, -0.25) is 9.69 Å². The second-order valence-electron chi connectivity index (χ2n) is 4.16. The van der Waals surface area contributed by atoms with Crippen molar-refractivity contribution >= 4 is 23.7 Å². The van der Waals surface area contributed by atoms with E-state index < -0.39 is 0 Å². The Bertz CT molecular complexity index is 475. The third-order valence-corrected chi connectivity index (χ3v) is 3.94. The summed E-state index contributed by atoms with van der Waals surface area (Å²) in [6.45, 7) is 2.79. The number of hydrogen-bond acceptors (Lipinski definition) is 4. The molecule has 6 heteroatoms. The Balaban J connectivity index is 1.97. The summed E-state index contributed by atoms with van der Waals surface area (Å²) >= 11 is 1.43. The molecule has 0 saturated carbocycles. The van der Waals surface area contributed by atoms with E-state index >= 15 is 0 Å². The van der Waals surface area contributed by atoms with Crippen LogP contribution < -0.4 is 10.1 Å². The molecule has 1 aliphatic heterocycles. The fourth-order valence-corrected chi connectivity index (χ4v) is 2.74. The maximum absolute atomic E-state index is 12.1. The largest absolute Gasteiger partial charge is 0.497 e. The molecule has 5 nitrogen and oxygen atoms in total.